The van der Waals surface area contributed by atoms with Crippen LogP contribution < -0.4 is 4.74 Å². The topological polar surface area (TPSA) is 74.4 Å². The Morgan fingerprint density at radius 3 is 2.76 bits per heavy atom. The van der Waals surface area contributed by atoms with Crippen LogP contribution in [0.4, 0.5) is 13.6 Å². The maximum absolute atomic E-state index is 13.9. The summed E-state index contributed by atoms with van der Waals surface area (Å²) in [6.45, 7) is 2.99. The van der Waals surface area contributed by atoms with Crippen molar-refractivity contribution in [1.82, 2.24) is 24.8 Å². The van der Waals surface area contributed by atoms with E-state index in [4.69, 9.17) is 4.74 Å². The number of hydrogen-bond acceptors (Lipinski definition) is 4. The average molecular weight is 506 g/mol. The van der Waals surface area contributed by atoms with Crippen molar-refractivity contribution in [3.05, 3.63) is 66.1 Å². The van der Waals surface area contributed by atoms with Crippen LogP contribution in [0.15, 0.2) is 48.9 Å². The molecule has 9 heteroatoms. The van der Waals surface area contributed by atoms with E-state index < -0.39 is 11.6 Å². The highest BCUT2D eigenvalue weighted by Crippen LogP contribution is 2.35. The van der Waals surface area contributed by atoms with E-state index in [0.717, 1.165) is 53.7 Å². The Morgan fingerprint density at radius 1 is 1.05 bits per heavy atom. The quantitative estimate of drug-likeness (QED) is 0.399. The number of piperidine rings is 2. The third-order valence-corrected chi connectivity index (χ3v) is 7.69. The molecular weight excluding hydrogens is 476 g/mol. The van der Waals surface area contributed by atoms with Crippen LogP contribution in [0.5, 0.6) is 5.75 Å². The Kier molecular flexibility index (Phi) is 6.36. The average Bonchev–Trinajstić information content (AvgIpc) is 3.41. The monoisotopic (exact) mass is 505 g/mol. The van der Waals surface area contributed by atoms with Crippen LogP contribution in [0.1, 0.15) is 37.2 Å². The van der Waals surface area contributed by atoms with E-state index in [1.807, 2.05) is 28.4 Å². The van der Waals surface area contributed by atoms with Crippen molar-refractivity contribution in [3.63, 3.8) is 0 Å². The van der Waals surface area contributed by atoms with E-state index in [1.54, 1.807) is 0 Å². The number of urea groups is 1. The van der Waals surface area contributed by atoms with Crippen molar-refractivity contribution in [3.8, 4) is 5.75 Å². The van der Waals surface area contributed by atoms with Gasteiger partial charge in [0.25, 0.3) is 0 Å². The number of nitrogens with zero attached hydrogens (tertiary/aromatic N) is 4. The summed E-state index contributed by atoms with van der Waals surface area (Å²) in [5.41, 5.74) is 3.03. The lowest BCUT2D eigenvalue weighted by Crippen LogP contribution is -2.50. The first-order chi connectivity index (χ1) is 18.1. The van der Waals surface area contributed by atoms with Gasteiger partial charge in [0, 0.05) is 61.3 Å². The van der Waals surface area contributed by atoms with Crippen molar-refractivity contribution >= 4 is 28.0 Å². The van der Waals surface area contributed by atoms with E-state index >= 15 is 0 Å². The van der Waals surface area contributed by atoms with E-state index in [0.29, 0.717) is 38.7 Å². The summed E-state index contributed by atoms with van der Waals surface area (Å²) in [5, 5.41) is 2.23. The first-order valence-electron chi connectivity index (χ1n) is 12.9. The maximum Gasteiger partial charge on any atom is 0.320 e. The summed E-state index contributed by atoms with van der Waals surface area (Å²) in [5.74, 6) is -0.830. The molecule has 1 aromatic carbocycles. The maximum atomic E-state index is 13.9. The fraction of sp³-hybridized carbons (Fsp3) is 0.393. The van der Waals surface area contributed by atoms with Gasteiger partial charge in [0.2, 0.25) is 0 Å². The molecule has 5 heterocycles. The Labute approximate surface area is 213 Å². The first-order valence-corrected chi connectivity index (χ1v) is 12.9. The molecule has 0 aliphatic carbocycles. The van der Waals surface area contributed by atoms with E-state index in [2.05, 4.69) is 27.1 Å². The molecule has 2 fully saturated rings. The fourth-order valence-corrected chi connectivity index (χ4v) is 5.78. The van der Waals surface area contributed by atoms with Gasteiger partial charge in [0.1, 0.15) is 11.5 Å². The van der Waals surface area contributed by atoms with Crippen molar-refractivity contribution in [1.29, 1.82) is 0 Å². The molecule has 1 unspecified atom stereocenters. The number of benzene rings is 1. The molecule has 0 saturated carbocycles. The fourth-order valence-electron chi connectivity index (χ4n) is 5.78. The van der Waals surface area contributed by atoms with Crippen LogP contribution in [-0.2, 0) is 0 Å². The largest absolute Gasteiger partial charge is 0.490 e. The summed E-state index contributed by atoms with van der Waals surface area (Å²) >= 11 is 0. The molecule has 1 N–H and O–H groups in total. The number of halogens is 2. The number of H-pyrrole nitrogens is 1. The number of amides is 2. The Bertz CT molecular complexity index is 1430. The van der Waals surface area contributed by atoms with Gasteiger partial charge in [-0.05, 0) is 61.4 Å². The molecule has 7 nitrogen and oxygen atoms in total. The van der Waals surface area contributed by atoms with E-state index in [9.17, 15) is 13.6 Å². The number of likely N-dealkylation sites (tertiary alicyclic amines) is 2. The van der Waals surface area contributed by atoms with Crippen LogP contribution >= 0.6 is 0 Å². The third kappa shape index (κ3) is 4.70. The van der Waals surface area contributed by atoms with E-state index in [1.165, 1.54) is 17.7 Å². The van der Waals surface area contributed by atoms with Gasteiger partial charge in [-0.15, -0.1) is 0 Å². The lowest BCUT2D eigenvalue weighted by Gasteiger charge is -2.39. The van der Waals surface area contributed by atoms with Crippen molar-refractivity contribution < 1.29 is 18.3 Å². The van der Waals surface area contributed by atoms with Crippen molar-refractivity contribution in [2.45, 2.75) is 31.6 Å². The highest BCUT2D eigenvalue weighted by atomic mass is 19.1. The summed E-state index contributed by atoms with van der Waals surface area (Å²) in [4.78, 5) is 29.4. The molecule has 2 aliphatic heterocycles. The summed E-state index contributed by atoms with van der Waals surface area (Å²) in [6.07, 6.45) is 9.15. The minimum atomic E-state index is -0.706. The Morgan fingerprint density at radius 2 is 1.92 bits per heavy atom. The molecule has 37 heavy (non-hydrogen) atoms. The number of carbonyl (C=O) groups excluding carboxylic acids is 1. The number of fused-ring (bicyclic) bond motifs is 3. The zero-order valence-electron chi connectivity index (χ0n) is 20.5. The summed E-state index contributed by atoms with van der Waals surface area (Å²) < 4.78 is 32.7. The minimum absolute atomic E-state index is 0.0447. The second kappa shape index (κ2) is 9.95. The molecule has 0 radical (unpaired) electrons. The van der Waals surface area contributed by atoms with Crippen molar-refractivity contribution in [2.75, 3.05) is 32.8 Å². The number of rotatable bonds is 4. The zero-order chi connectivity index (χ0) is 25.4. The molecule has 0 bridgehead atoms. The smallest absolute Gasteiger partial charge is 0.320 e. The van der Waals surface area contributed by atoms with Crippen LogP contribution in [-0.4, -0.2) is 63.6 Å². The second-order valence-electron chi connectivity index (χ2n) is 10.0. The highest BCUT2D eigenvalue weighted by Gasteiger charge is 2.31. The van der Waals surface area contributed by atoms with Gasteiger partial charge in [-0.1, -0.05) is 0 Å². The van der Waals surface area contributed by atoms with Gasteiger partial charge in [-0.25, -0.2) is 18.6 Å². The summed E-state index contributed by atoms with van der Waals surface area (Å²) in [6, 6.07) is 7.54. The van der Waals surface area contributed by atoms with Crippen LogP contribution in [0.3, 0.4) is 0 Å². The van der Waals surface area contributed by atoms with Gasteiger partial charge >= 0.3 is 6.03 Å². The predicted octanol–water partition coefficient (Wildman–Crippen LogP) is 5.48. The lowest BCUT2D eigenvalue weighted by molar-refractivity contribution is 0.104. The Balaban J connectivity index is 1.08. The molecule has 1 atom stereocenters. The van der Waals surface area contributed by atoms with Gasteiger partial charge < -0.3 is 19.5 Å². The standard InChI is InChI=1S/C28H29F2N5O2/c29-20-3-4-25(23(30)14-20)37-17-18-2-1-11-35(16-18)28(36)34-12-7-19(8-13-34)21-5-9-31-24-15-33-27-22(26(21)24)6-10-32-27/h3-6,9-10,14-15,18-19H,1-2,7-8,11-13,16-17H2,(H,32,33). The van der Waals surface area contributed by atoms with Gasteiger partial charge in [0.15, 0.2) is 11.6 Å². The van der Waals surface area contributed by atoms with E-state index in [-0.39, 0.29) is 17.7 Å². The lowest BCUT2D eigenvalue weighted by atomic mass is 9.87. The molecule has 2 amide bonds. The molecule has 192 valence electrons. The molecule has 0 spiro atoms. The van der Waals surface area contributed by atoms with Crippen LogP contribution in [0.25, 0.3) is 21.9 Å². The molecule has 2 saturated heterocycles. The summed E-state index contributed by atoms with van der Waals surface area (Å²) in [7, 11) is 0. The Hall–Kier alpha value is -3.75. The minimum Gasteiger partial charge on any atom is -0.490 e. The molecule has 3 aromatic heterocycles. The number of carbonyl (C=O) groups is 1. The SMILES string of the molecule is O=C(N1CCC(c2ccnc3cnc4[nH]ccc4c23)CC1)N1CCCC(COc2ccc(F)cc2F)C1. The number of pyridine rings is 2. The van der Waals surface area contributed by atoms with Crippen LogP contribution in [0.2, 0.25) is 0 Å². The normalized spacial score (nSPS) is 19.0. The van der Waals surface area contributed by atoms with Crippen LogP contribution in [0, 0.1) is 17.6 Å². The molecule has 2 aliphatic rings. The number of ether oxygens (including phenoxy) is 1. The van der Waals surface area contributed by atoms with Crippen molar-refractivity contribution in [2.24, 2.45) is 5.92 Å². The predicted molar refractivity (Wildman–Crippen MR) is 136 cm³/mol. The number of aromatic nitrogens is 3. The van der Waals surface area contributed by atoms with Gasteiger partial charge in [-0.2, -0.15) is 0 Å². The van der Waals surface area contributed by atoms with Gasteiger partial charge in [-0.3, -0.25) is 4.98 Å². The highest BCUT2D eigenvalue weighted by molar-refractivity contribution is 6.05. The van der Waals surface area contributed by atoms with Gasteiger partial charge in [0.05, 0.1) is 18.3 Å². The number of nitrogens with one attached hydrogen (secondary N) is 1. The molecule has 6 rings (SSSR count). The zero-order valence-corrected chi connectivity index (χ0v) is 20.5. The molecule has 4 aromatic rings. The first kappa shape index (κ1) is 23.6. The number of aromatic amines is 1. The second-order valence-corrected chi connectivity index (χ2v) is 10.0. The molecular formula is C28H29F2N5O2. The third-order valence-electron chi connectivity index (χ3n) is 7.69. The number of hydrogen-bond donors (Lipinski definition) is 1.